The normalized spacial score (nSPS) is 22.8. The molecule has 0 saturated carbocycles. The van der Waals surface area contributed by atoms with E-state index in [2.05, 4.69) is 5.32 Å². The van der Waals surface area contributed by atoms with E-state index in [0.717, 1.165) is 25.7 Å². The molecule has 27 heavy (non-hydrogen) atoms. The molecule has 0 aromatic heterocycles. The highest BCUT2D eigenvalue weighted by Gasteiger charge is 2.39. The van der Waals surface area contributed by atoms with Crippen LogP contribution in [-0.4, -0.2) is 68.9 Å². The molecule has 150 valence electrons. The fraction of sp³-hybridized carbons (Fsp3) is 0.632. The zero-order chi connectivity index (χ0) is 19.3. The number of ether oxygens (including phenoxy) is 1. The molecule has 0 aliphatic carbocycles. The minimum Gasteiger partial charge on any atom is -0.383 e. The van der Waals surface area contributed by atoms with E-state index in [1.54, 1.807) is 27.9 Å². The van der Waals surface area contributed by atoms with Gasteiger partial charge in [0, 0.05) is 44.9 Å². The molecule has 8 heteroatoms. The highest BCUT2D eigenvalue weighted by atomic mass is 32.2. The molecule has 0 radical (unpaired) electrons. The molecule has 1 aromatic rings. The molecule has 1 atom stereocenters. The van der Waals surface area contributed by atoms with Gasteiger partial charge in [0.05, 0.1) is 6.61 Å². The van der Waals surface area contributed by atoms with E-state index in [0.29, 0.717) is 44.3 Å². The molecular formula is C19H29N3O4S. The summed E-state index contributed by atoms with van der Waals surface area (Å²) in [5.41, 5.74) is 0.649. The van der Waals surface area contributed by atoms with Crippen molar-refractivity contribution in [2.45, 2.75) is 31.7 Å². The molecule has 0 bridgehead atoms. The zero-order valence-corrected chi connectivity index (χ0v) is 16.7. The van der Waals surface area contributed by atoms with Gasteiger partial charge in [-0.15, -0.1) is 0 Å². The summed E-state index contributed by atoms with van der Waals surface area (Å²) < 4.78 is 34.3. The van der Waals surface area contributed by atoms with Crippen LogP contribution in [0.4, 0.5) is 0 Å². The number of nitrogens with one attached hydrogen (secondary N) is 1. The number of hydrogen-bond donors (Lipinski definition) is 1. The zero-order valence-electron chi connectivity index (χ0n) is 15.8. The molecule has 3 rings (SSSR count). The number of amides is 1. The second kappa shape index (κ2) is 9.14. The summed E-state index contributed by atoms with van der Waals surface area (Å²) in [6.45, 7) is 2.61. The Bertz CT molecular complexity index is 718. The lowest BCUT2D eigenvalue weighted by Gasteiger charge is -2.35. The highest BCUT2D eigenvalue weighted by molar-refractivity contribution is 7.86. The Kier molecular flexibility index (Phi) is 6.86. The Morgan fingerprint density at radius 2 is 1.85 bits per heavy atom. The minimum atomic E-state index is -3.43. The summed E-state index contributed by atoms with van der Waals surface area (Å²) in [5, 5.41) is 2.97. The number of carbonyl (C=O) groups excluding carboxylic acids is 1. The van der Waals surface area contributed by atoms with Crippen molar-refractivity contribution in [2.75, 3.05) is 39.9 Å². The Morgan fingerprint density at radius 1 is 1.15 bits per heavy atom. The first-order chi connectivity index (χ1) is 13.0. The molecular weight excluding hydrogens is 366 g/mol. The summed E-state index contributed by atoms with van der Waals surface area (Å²) >= 11 is 0. The van der Waals surface area contributed by atoms with Gasteiger partial charge in [-0.1, -0.05) is 18.2 Å². The first-order valence-corrected chi connectivity index (χ1v) is 11.0. The predicted molar refractivity (Wildman–Crippen MR) is 104 cm³/mol. The van der Waals surface area contributed by atoms with Crippen LogP contribution >= 0.6 is 0 Å². The molecule has 1 N–H and O–H groups in total. The van der Waals surface area contributed by atoms with Crippen LogP contribution in [0, 0.1) is 5.92 Å². The summed E-state index contributed by atoms with van der Waals surface area (Å²) in [5.74, 6) is 0.225. The van der Waals surface area contributed by atoms with Crippen LogP contribution in [0.25, 0.3) is 0 Å². The highest BCUT2D eigenvalue weighted by Crippen LogP contribution is 2.27. The molecule has 0 spiro atoms. The summed E-state index contributed by atoms with van der Waals surface area (Å²) in [6.07, 6.45) is 3.26. The van der Waals surface area contributed by atoms with Crippen molar-refractivity contribution < 1.29 is 17.9 Å². The second-order valence-electron chi connectivity index (χ2n) is 7.29. The van der Waals surface area contributed by atoms with Gasteiger partial charge in [0.25, 0.3) is 16.1 Å². The van der Waals surface area contributed by atoms with Crippen molar-refractivity contribution in [1.82, 2.24) is 13.9 Å². The molecule has 2 aliphatic rings. The van der Waals surface area contributed by atoms with Crippen LogP contribution < -0.4 is 5.32 Å². The number of methoxy groups -OCH3 is 1. The Labute approximate surface area is 161 Å². The van der Waals surface area contributed by atoms with Crippen molar-refractivity contribution in [3.05, 3.63) is 35.9 Å². The molecule has 7 nitrogen and oxygen atoms in total. The third-order valence-corrected chi connectivity index (χ3v) is 7.56. The maximum absolute atomic E-state index is 13.0. The van der Waals surface area contributed by atoms with E-state index in [9.17, 15) is 13.2 Å². The van der Waals surface area contributed by atoms with Crippen molar-refractivity contribution >= 4 is 16.1 Å². The SMILES string of the molecule is COCC1CCCN1S(=O)(=O)N1CCC(CNC(=O)c2ccccc2)CC1. The predicted octanol–water partition coefficient (Wildman–Crippen LogP) is 1.48. The van der Waals surface area contributed by atoms with Crippen molar-refractivity contribution in [2.24, 2.45) is 5.92 Å². The lowest BCUT2D eigenvalue weighted by Crippen LogP contribution is -2.50. The molecule has 1 amide bonds. The van der Waals surface area contributed by atoms with Crippen molar-refractivity contribution in [3.63, 3.8) is 0 Å². The third kappa shape index (κ3) is 4.87. The number of nitrogens with zero attached hydrogens (tertiary/aromatic N) is 2. The maximum atomic E-state index is 13.0. The standard InChI is InChI=1S/C19H29N3O4S/c1-26-15-18-8-5-11-22(18)27(24,25)21-12-9-16(10-13-21)14-20-19(23)17-6-3-2-4-7-17/h2-4,6-7,16,18H,5,8-15H2,1H3,(H,20,23). The Morgan fingerprint density at radius 3 is 2.52 bits per heavy atom. The van der Waals surface area contributed by atoms with Gasteiger partial charge in [-0.25, -0.2) is 0 Å². The molecule has 2 saturated heterocycles. The van der Waals surface area contributed by atoms with E-state index in [-0.39, 0.29) is 11.9 Å². The van der Waals surface area contributed by atoms with Crippen LogP contribution in [0.5, 0.6) is 0 Å². The number of carbonyl (C=O) groups is 1. The first-order valence-electron chi connectivity index (χ1n) is 9.61. The van der Waals surface area contributed by atoms with Crippen molar-refractivity contribution in [1.29, 1.82) is 0 Å². The van der Waals surface area contributed by atoms with Crippen LogP contribution in [0.1, 0.15) is 36.0 Å². The van der Waals surface area contributed by atoms with Crippen LogP contribution in [0.2, 0.25) is 0 Å². The Balaban J connectivity index is 1.49. The van der Waals surface area contributed by atoms with E-state index >= 15 is 0 Å². The van der Waals surface area contributed by atoms with Gasteiger partial charge in [0.1, 0.15) is 0 Å². The van der Waals surface area contributed by atoms with Gasteiger partial charge in [-0.05, 0) is 43.7 Å². The monoisotopic (exact) mass is 395 g/mol. The molecule has 1 unspecified atom stereocenters. The average Bonchev–Trinajstić information content (AvgIpc) is 3.16. The van der Waals surface area contributed by atoms with Gasteiger partial charge in [-0.2, -0.15) is 17.0 Å². The van der Waals surface area contributed by atoms with Gasteiger partial charge < -0.3 is 10.1 Å². The largest absolute Gasteiger partial charge is 0.383 e. The van der Waals surface area contributed by atoms with Crippen LogP contribution in [-0.2, 0) is 14.9 Å². The van der Waals surface area contributed by atoms with E-state index in [1.807, 2.05) is 18.2 Å². The smallest absolute Gasteiger partial charge is 0.282 e. The Hall–Kier alpha value is -1.48. The topological polar surface area (TPSA) is 79.0 Å². The molecule has 2 aliphatic heterocycles. The first kappa shape index (κ1) is 20.3. The summed E-state index contributed by atoms with van der Waals surface area (Å²) in [4.78, 5) is 12.1. The fourth-order valence-electron chi connectivity index (χ4n) is 3.89. The van der Waals surface area contributed by atoms with E-state index < -0.39 is 10.2 Å². The van der Waals surface area contributed by atoms with Gasteiger partial charge in [0.15, 0.2) is 0 Å². The molecule has 2 fully saturated rings. The van der Waals surface area contributed by atoms with Crippen molar-refractivity contribution in [3.8, 4) is 0 Å². The maximum Gasteiger partial charge on any atom is 0.282 e. The number of rotatable bonds is 7. The van der Waals surface area contributed by atoms with E-state index in [1.165, 1.54) is 0 Å². The molecule has 1 aromatic carbocycles. The molecule has 2 heterocycles. The fourth-order valence-corrected chi connectivity index (χ4v) is 5.76. The number of hydrogen-bond acceptors (Lipinski definition) is 4. The summed E-state index contributed by atoms with van der Waals surface area (Å²) in [7, 11) is -1.82. The van der Waals surface area contributed by atoms with Gasteiger partial charge in [0.2, 0.25) is 0 Å². The number of piperidine rings is 1. The van der Waals surface area contributed by atoms with E-state index in [4.69, 9.17) is 4.74 Å². The minimum absolute atomic E-state index is 0.0529. The third-order valence-electron chi connectivity index (χ3n) is 5.47. The lowest BCUT2D eigenvalue weighted by atomic mass is 9.98. The van der Waals surface area contributed by atoms with Crippen LogP contribution in [0.3, 0.4) is 0 Å². The van der Waals surface area contributed by atoms with Crippen LogP contribution in [0.15, 0.2) is 30.3 Å². The number of benzene rings is 1. The quantitative estimate of drug-likeness (QED) is 0.759. The summed E-state index contributed by atoms with van der Waals surface area (Å²) in [6, 6.07) is 9.09. The van der Waals surface area contributed by atoms with Gasteiger partial charge >= 0.3 is 0 Å². The second-order valence-corrected chi connectivity index (χ2v) is 9.17. The van der Waals surface area contributed by atoms with Gasteiger partial charge in [-0.3, -0.25) is 4.79 Å². The average molecular weight is 396 g/mol. The lowest BCUT2D eigenvalue weighted by molar-refractivity contribution is 0.0941.